The number of sulfonamides is 1. The molecule has 6 nitrogen and oxygen atoms in total. The lowest BCUT2D eigenvalue weighted by Crippen LogP contribution is -2.52. The van der Waals surface area contributed by atoms with Crippen molar-refractivity contribution in [2.75, 3.05) is 24.4 Å². The molecule has 0 bridgehead atoms. The summed E-state index contributed by atoms with van der Waals surface area (Å²) in [6.45, 7) is 5.99. The molecule has 0 aromatic heterocycles. The van der Waals surface area contributed by atoms with Crippen LogP contribution in [0.5, 0.6) is 0 Å². The van der Waals surface area contributed by atoms with Crippen LogP contribution in [0.4, 0.5) is 5.69 Å². The lowest BCUT2D eigenvalue weighted by atomic mass is 10.1. The van der Waals surface area contributed by atoms with Gasteiger partial charge < -0.3 is 10.2 Å². The summed E-state index contributed by atoms with van der Waals surface area (Å²) in [5.74, 6) is -0.147. The maximum atomic E-state index is 12.8. The van der Waals surface area contributed by atoms with Crippen molar-refractivity contribution in [3.05, 3.63) is 59.7 Å². The molecule has 2 aromatic rings. The fourth-order valence-electron chi connectivity index (χ4n) is 2.94. The van der Waals surface area contributed by atoms with E-state index in [-0.39, 0.29) is 29.3 Å². The van der Waals surface area contributed by atoms with E-state index in [0.29, 0.717) is 17.8 Å². The molecule has 27 heavy (non-hydrogen) atoms. The highest BCUT2D eigenvalue weighted by molar-refractivity contribution is 7.92. The molecule has 1 aliphatic rings. The lowest BCUT2D eigenvalue weighted by Gasteiger charge is -2.34. The highest BCUT2D eigenvalue weighted by Crippen LogP contribution is 2.19. The summed E-state index contributed by atoms with van der Waals surface area (Å²) in [7, 11) is -3.76. The van der Waals surface area contributed by atoms with Crippen LogP contribution in [0, 0.1) is 6.92 Å². The Kier molecular flexibility index (Phi) is 6.86. The molecule has 146 valence electrons. The van der Waals surface area contributed by atoms with Gasteiger partial charge in [-0.15, -0.1) is 12.4 Å². The molecule has 0 aliphatic carbocycles. The molecule has 1 atom stereocenters. The second-order valence-corrected chi connectivity index (χ2v) is 8.23. The van der Waals surface area contributed by atoms with Crippen LogP contribution in [0.2, 0.25) is 0 Å². The largest absolute Gasteiger partial charge is 0.333 e. The molecule has 1 heterocycles. The highest BCUT2D eigenvalue weighted by Gasteiger charge is 2.25. The van der Waals surface area contributed by atoms with Gasteiger partial charge in [-0.1, -0.05) is 23.8 Å². The second-order valence-electron chi connectivity index (χ2n) is 6.55. The van der Waals surface area contributed by atoms with Crippen molar-refractivity contribution in [3.8, 4) is 0 Å². The molecule has 0 saturated carbocycles. The van der Waals surface area contributed by atoms with Gasteiger partial charge in [0.05, 0.1) is 4.90 Å². The number of benzene rings is 2. The van der Waals surface area contributed by atoms with Gasteiger partial charge in [0.25, 0.3) is 15.9 Å². The molecule has 3 rings (SSSR count). The molecule has 0 spiro atoms. The molecule has 1 fully saturated rings. The quantitative estimate of drug-likeness (QED) is 0.813. The third-order valence-corrected chi connectivity index (χ3v) is 5.84. The van der Waals surface area contributed by atoms with Crippen LogP contribution in [0.15, 0.2) is 53.4 Å². The molecular weight excluding hydrogens is 386 g/mol. The van der Waals surface area contributed by atoms with Crippen LogP contribution in [0.25, 0.3) is 0 Å². The topological polar surface area (TPSA) is 78.5 Å². The average Bonchev–Trinajstić information content (AvgIpc) is 2.63. The number of carbonyl (C=O) groups excluding carboxylic acids is 1. The smallest absolute Gasteiger partial charge is 0.261 e. The first-order valence-electron chi connectivity index (χ1n) is 8.58. The predicted octanol–water partition coefficient (Wildman–Crippen LogP) is 2.65. The molecule has 0 radical (unpaired) electrons. The van der Waals surface area contributed by atoms with Crippen LogP contribution in [0.1, 0.15) is 22.8 Å². The van der Waals surface area contributed by atoms with Gasteiger partial charge in [-0.3, -0.25) is 9.52 Å². The van der Waals surface area contributed by atoms with E-state index in [9.17, 15) is 13.2 Å². The van der Waals surface area contributed by atoms with Crippen LogP contribution in [0.3, 0.4) is 0 Å². The van der Waals surface area contributed by atoms with Gasteiger partial charge in [-0.25, -0.2) is 8.42 Å². The predicted molar refractivity (Wildman–Crippen MR) is 109 cm³/mol. The van der Waals surface area contributed by atoms with E-state index in [2.05, 4.69) is 10.0 Å². The molecule has 1 saturated heterocycles. The van der Waals surface area contributed by atoms with Gasteiger partial charge in [0.15, 0.2) is 0 Å². The Hall–Kier alpha value is -2.09. The fraction of sp³-hybridized carbons (Fsp3) is 0.316. The zero-order valence-corrected chi connectivity index (χ0v) is 16.9. The third-order valence-electron chi connectivity index (χ3n) is 4.46. The number of rotatable bonds is 4. The van der Waals surface area contributed by atoms with Gasteiger partial charge >= 0.3 is 0 Å². The minimum Gasteiger partial charge on any atom is -0.333 e. The van der Waals surface area contributed by atoms with Crippen LogP contribution < -0.4 is 10.0 Å². The summed E-state index contributed by atoms with van der Waals surface area (Å²) in [5, 5.41) is 3.24. The average molecular weight is 410 g/mol. The van der Waals surface area contributed by atoms with E-state index in [0.717, 1.165) is 18.7 Å². The number of aryl methyl sites for hydroxylation is 1. The highest BCUT2D eigenvalue weighted by atomic mass is 35.5. The molecule has 2 aromatic carbocycles. The lowest BCUT2D eigenvalue weighted by molar-refractivity contribution is 0.0655. The second kappa shape index (κ2) is 8.73. The summed E-state index contributed by atoms with van der Waals surface area (Å²) >= 11 is 0. The number of nitrogens with one attached hydrogen (secondary N) is 2. The Morgan fingerprint density at radius 2 is 1.89 bits per heavy atom. The Morgan fingerprint density at radius 3 is 2.56 bits per heavy atom. The molecule has 1 aliphatic heterocycles. The monoisotopic (exact) mass is 409 g/mol. The van der Waals surface area contributed by atoms with Gasteiger partial charge in [0, 0.05) is 36.9 Å². The maximum Gasteiger partial charge on any atom is 0.261 e. The zero-order valence-electron chi connectivity index (χ0n) is 15.3. The molecular formula is C19H24ClN3O3S. The van der Waals surface area contributed by atoms with Gasteiger partial charge in [-0.2, -0.15) is 0 Å². The minimum absolute atomic E-state index is 0. The molecule has 8 heteroatoms. The third kappa shape index (κ3) is 5.00. The van der Waals surface area contributed by atoms with Crippen molar-refractivity contribution in [1.29, 1.82) is 0 Å². The zero-order chi connectivity index (χ0) is 18.7. The maximum absolute atomic E-state index is 12.8. The van der Waals surface area contributed by atoms with Gasteiger partial charge in [0.2, 0.25) is 0 Å². The summed E-state index contributed by atoms with van der Waals surface area (Å²) < 4.78 is 27.9. The summed E-state index contributed by atoms with van der Waals surface area (Å²) in [6, 6.07) is 13.4. The van der Waals surface area contributed by atoms with Gasteiger partial charge in [-0.05, 0) is 44.2 Å². The minimum atomic E-state index is -3.76. The Bertz CT molecular complexity index is 901. The number of halogens is 1. The van der Waals surface area contributed by atoms with Gasteiger partial charge in [0.1, 0.15) is 0 Å². The van der Waals surface area contributed by atoms with Crippen molar-refractivity contribution >= 4 is 34.0 Å². The molecule has 2 N–H and O–H groups in total. The number of carbonyl (C=O) groups is 1. The number of anilines is 1. The van der Waals surface area contributed by atoms with Crippen LogP contribution >= 0.6 is 12.4 Å². The van der Waals surface area contributed by atoms with E-state index in [1.165, 1.54) is 12.1 Å². The van der Waals surface area contributed by atoms with E-state index >= 15 is 0 Å². The Balaban J connectivity index is 0.00000261. The van der Waals surface area contributed by atoms with E-state index in [1.807, 2.05) is 26.0 Å². The fourth-order valence-corrected chi connectivity index (χ4v) is 4.04. The van der Waals surface area contributed by atoms with Crippen molar-refractivity contribution in [2.24, 2.45) is 0 Å². The summed E-state index contributed by atoms with van der Waals surface area (Å²) in [6.07, 6.45) is 0. The first-order valence-corrected chi connectivity index (χ1v) is 10.1. The normalized spacial score (nSPS) is 17.1. The van der Waals surface area contributed by atoms with Crippen molar-refractivity contribution in [3.63, 3.8) is 0 Å². The molecule has 0 unspecified atom stereocenters. The summed E-state index contributed by atoms with van der Waals surface area (Å²) in [4.78, 5) is 14.6. The first-order chi connectivity index (χ1) is 12.4. The van der Waals surface area contributed by atoms with Crippen LogP contribution in [-0.2, 0) is 10.0 Å². The van der Waals surface area contributed by atoms with Crippen molar-refractivity contribution in [2.45, 2.75) is 24.8 Å². The van der Waals surface area contributed by atoms with Crippen molar-refractivity contribution in [1.82, 2.24) is 10.2 Å². The standard InChI is InChI=1S/C19H23N3O3S.ClH/c1-14-6-8-17(9-7-14)21-26(24,25)18-5-3-4-16(12-18)19(23)22-11-10-20-13-15(22)2;/h3-9,12,15,20-21H,10-11,13H2,1-2H3;1H/t15-;/m1./s1. The van der Waals surface area contributed by atoms with E-state index < -0.39 is 10.0 Å². The Morgan fingerprint density at radius 1 is 1.19 bits per heavy atom. The van der Waals surface area contributed by atoms with Crippen LogP contribution in [-0.4, -0.2) is 44.9 Å². The van der Waals surface area contributed by atoms with E-state index in [1.54, 1.807) is 29.2 Å². The SMILES string of the molecule is Cc1ccc(NS(=O)(=O)c2cccc(C(=O)N3CCNC[C@H]3C)c2)cc1.Cl. The number of hydrogen-bond acceptors (Lipinski definition) is 4. The number of hydrogen-bond donors (Lipinski definition) is 2. The first kappa shape index (κ1) is 21.2. The molecule has 1 amide bonds. The summed E-state index contributed by atoms with van der Waals surface area (Å²) in [5.41, 5.74) is 1.92. The number of nitrogens with zero attached hydrogens (tertiary/aromatic N) is 1. The van der Waals surface area contributed by atoms with Crippen molar-refractivity contribution < 1.29 is 13.2 Å². The number of amides is 1. The van der Waals surface area contributed by atoms with E-state index in [4.69, 9.17) is 0 Å². The Labute approximate surface area is 166 Å². The number of piperazine rings is 1.